The molecule has 1 aliphatic carbocycles. The van der Waals surface area contributed by atoms with Crippen LogP contribution in [0.5, 0.6) is 0 Å². The van der Waals surface area contributed by atoms with Crippen molar-refractivity contribution in [3.05, 3.63) is 211 Å². The Kier molecular flexibility index (Phi) is 8.67. The summed E-state index contributed by atoms with van der Waals surface area (Å²) < 4.78 is 9.13. The van der Waals surface area contributed by atoms with Crippen LogP contribution >= 0.6 is 11.3 Å². The summed E-state index contributed by atoms with van der Waals surface area (Å²) in [7, 11) is 0. The summed E-state index contributed by atoms with van der Waals surface area (Å²) >= 11 is 1.86. The molecule has 0 atom stereocenters. The first-order valence-electron chi connectivity index (χ1n) is 22.3. The molecular weight excluding hydrogens is 795 g/mol. The zero-order valence-corrected chi connectivity index (χ0v) is 37.6. The Morgan fingerprint density at radius 3 is 1.88 bits per heavy atom. The maximum Gasteiger partial charge on any atom is 0.137 e. The maximum atomic E-state index is 6.50. The molecule has 0 N–H and O–H groups in total. The minimum Gasteiger partial charge on any atom is -0.456 e. The number of fused-ring (bicyclic) bond motifs is 9. The van der Waals surface area contributed by atoms with Crippen LogP contribution in [-0.4, -0.2) is 0 Å². The topological polar surface area (TPSA) is 16.4 Å². The van der Waals surface area contributed by atoms with Crippen LogP contribution in [0.25, 0.3) is 86.6 Å². The lowest BCUT2D eigenvalue weighted by molar-refractivity contribution is 0.590. The number of anilines is 3. The van der Waals surface area contributed by atoms with Crippen LogP contribution < -0.4 is 4.90 Å². The number of nitrogens with zero attached hydrogens (tertiary/aromatic N) is 1. The van der Waals surface area contributed by atoms with Crippen molar-refractivity contribution in [2.45, 2.75) is 45.4 Å². The monoisotopic (exact) mass is 841 g/mol. The summed E-state index contributed by atoms with van der Waals surface area (Å²) in [6.45, 7) is 11.6. The highest BCUT2D eigenvalue weighted by atomic mass is 32.1. The Bertz CT molecular complexity index is 3620. The van der Waals surface area contributed by atoms with Crippen LogP contribution in [0.2, 0.25) is 0 Å². The molecule has 2 heterocycles. The van der Waals surface area contributed by atoms with Crippen molar-refractivity contribution in [3.8, 4) is 44.5 Å². The van der Waals surface area contributed by atoms with Gasteiger partial charge in [-0.15, -0.1) is 11.3 Å². The van der Waals surface area contributed by atoms with Crippen LogP contribution in [0, 0.1) is 0 Å². The van der Waals surface area contributed by atoms with Crippen molar-refractivity contribution in [2.75, 3.05) is 4.90 Å². The predicted octanol–water partition coefficient (Wildman–Crippen LogP) is 18.0. The van der Waals surface area contributed by atoms with Crippen molar-refractivity contribution in [1.29, 1.82) is 0 Å². The molecule has 0 fully saturated rings. The van der Waals surface area contributed by atoms with E-state index in [9.17, 15) is 0 Å². The van der Waals surface area contributed by atoms with Crippen molar-refractivity contribution < 1.29 is 4.42 Å². The number of thiophene rings is 1. The van der Waals surface area contributed by atoms with Gasteiger partial charge in [0.2, 0.25) is 0 Å². The smallest absolute Gasteiger partial charge is 0.137 e. The molecule has 0 bridgehead atoms. The van der Waals surface area contributed by atoms with Gasteiger partial charge in [0, 0.05) is 42.2 Å². The van der Waals surface area contributed by atoms with E-state index in [-0.39, 0.29) is 10.8 Å². The molecule has 64 heavy (non-hydrogen) atoms. The average Bonchev–Trinajstić information content (AvgIpc) is 3.96. The van der Waals surface area contributed by atoms with E-state index in [2.05, 4.69) is 228 Å². The number of para-hydroxylation sites is 2. The molecule has 0 radical (unpaired) electrons. The first-order chi connectivity index (χ1) is 31.1. The number of hydrogen-bond donors (Lipinski definition) is 0. The van der Waals surface area contributed by atoms with Gasteiger partial charge >= 0.3 is 0 Å². The van der Waals surface area contributed by atoms with E-state index in [0.29, 0.717) is 0 Å². The number of benzene rings is 9. The fraction of sp³-hybridized carbons (Fsp3) is 0.115. The first-order valence-corrected chi connectivity index (χ1v) is 23.1. The van der Waals surface area contributed by atoms with Gasteiger partial charge in [-0.2, -0.15) is 0 Å². The molecular formula is C61H47NOS. The van der Waals surface area contributed by atoms with E-state index in [1.807, 2.05) is 17.4 Å². The minimum atomic E-state index is -0.142. The van der Waals surface area contributed by atoms with Crippen LogP contribution in [0.15, 0.2) is 199 Å². The van der Waals surface area contributed by atoms with Gasteiger partial charge in [-0.3, -0.25) is 0 Å². The molecule has 0 amide bonds. The van der Waals surface area contributed by atoms with Gasteiger partial charge in [0.15, 0.2) is 0 Å². The molecule has 0 saturated carbocycles. The van der Waals surface area contributed by atoms with Gasteiger partial charge in [-0.05, 0) is 122 Å². The van der Waals surface area contributed by atoms with Crippen molar-refractivity contribution in [1.82, 2.24) is 0 Å². The lowest BCUT2D eigenvalue weighted by atomic mass is 9.81. The standard InChI is InChI=1S/C61H47NOS/c1-60(2,3)43-28-21-38(22-29-43)40-25-32-46-50-35-42(27-34-51(50)61(4,5)52(46)36-40)45-13-6-9-16-53(45)62(54-17-12-19-56-59(54)49-15-7-10-18-55(49)63-56)44-30-23-39(24-31-44)41-26-33-48-47-14-8-11-20-57(47)64-58(48)37-41/h6-37H,1-5H3. The maximum absolute atomic E-state index is 6.50. The third-order valence-electron chi connectivity index (χ3n) is 13.7. The van der Waals surface area contributed by atoms with Gasteiger partial charge in [-0.25, -0.2) is 0 Å². The zero-order valence-electron chi connectivity index (χ0n) is 36.7. The second-order valence-corrected chi connectivity index (χ2v) is 20.0. The highest BCUT2D eigenvalue weighted by molar-refractivity contribution is 7.25. The van der Waals surface area contributed by atoms with E-state index in [1.165, 1.54) is 75.8 Å². The largest absolute Gasteiger partial charge is 0.456 e. The summed E-state index contributed by atoms with van der Waals surface area (Å²) in [6, 6.07) is 71.7. The molecule has 1 aliphatic rings. The first kappa shape index (κ1) is 38.5. The zero-order chi connectivity index (χ0) is 43.3. The summed E-state index contributed by atoms with van der Waals surface area (Å²) in [5.41, 5.74) is 18.9. The van der Waals surface area contributed by atoms with Crippen LogP contribution in [-0.2, 0) is 10.8 Å². The fourth-order valence-electron chi connectivity index (χ4n) is 10.2. The summed E-state index contributed by atoms with van der Waals surface area (Å²) in [5.74, 6) is 0. The molecule has 0 unspecified atom stereocenters. The second kappa shape index (κ2) is 14.4. The SMILES string of the molecule is CC(C)(C)c1ccc(-c2ccc3c(c2)C(C)(C)c2ccc(-c4ccccc4N(c4ccc(-c5ccc6c(c5)sc5ccccc56)cc4)c4cccc5oc6ccccc6c45)cc2-3)cc1. The molecule has 0 aliphatic heterocycles. The Hall–Kier alpha value is -7.20. The van der Waals surface area contributed by atoms with E-state index >= 15 is 0 Å². The summed E-state index contributed by atoms with van der Waals surface area (Å²) in [5, 5.41) is 4.84. The Morgan fingerprint density at radius 1 is 0.438 bits per heavy atom. The Labute approximate surface area is 378 Å². The Balaban J connectivity index is 0.984. The third kappa shape index (κ3) is 6.13. The molecule has 308 valence electrons. The molecule has 2 nitrogen and oxygen atoms in total. The van der Waals surface area contributed by atoms with E-state index in [4.69, 9.17) is 4.42 Å². The molecule has 2 aromatic heterocycles. The predicted molar refractivity (Wildman–Crippen MR) is 274 cm³/mol. The van der Waals surface area contributed by atoms with Crippen LogP contribution in [0.4, 0.5) is 17.1 Å². The van der Waals surface area contributed by atoms with E-state index < -0.39 is 0 Å². The van der Waals surface area contributed by atoms with Crippen molar-refractivity contribution in [2.24, 2.45) is 0 Å². The van der Waals surface area contributed by atoms with Crippen LogP contribution in [0.3, 0.4) is 0 Å². The minimum absolute atomic E-state index is 0.121. The average molecular weight is 842 g/mol. The lowest BCUT2D eigenvalue weighted by Gasteiger charge is -2.29. The van der Waals surface area contributed by atoms with Crippen molar-refractivity contribution in [3.63, 3.8) is 0 Å². The van der Waals surface area contributed by atoms with E-state index in [0.717, 1.165) is 44.6 Å². The molecule has 12 rings (SSSR count). The third-order valence-corrected chi connectivity index (χ3v) is 14.8. The lowest BCUT2D eigenvalue weighted by Crippen LogP contribution is -2.15. The van der Waals surface area contributed by atoms with Gasteiger partial charge in [0.25, 0.3) is 0 Å². The van der Waals surface area contributed by atoms with Gasteiger partial charge in [0.1, 0.15) is 11.2 Å². The highest BCUT2D eigenvalue weighted by Gasteiger charge is 2.36. The summed E-state index contributed by atoms with van der Waals surface area (Å²) in [6.07, 6.45) is 0. The quantitative estimate of drug-likeness (QED) is 0.166. The number of hydrogen-bond acceptors (Lipinski definition) is 3. The normalized spacial score (nSPS) is 13.2. The van der Waals surface area contributed by atoms with Gasteiger partial charge in [-0.1, -0.05) is 168 Å². The molecule has 0 saturated heterocycles. The van der Waals surface area contributed by atoms with Crippen molar-refractivity contribution >= 4 is 70.5 Å². The molecule has 9 aromatic carbocycles. The molecule has 0 spiro atoms. The van der Waals surface area contributed by atoms with Gasteiger partial charge < -0.3 is 9.32 Å². The number of rotatable bonds is 6. The molecule has 11 aromatic rings. The highest BCUT2D eigenvalue weighted by Crippen LogP contribution is 2.52. The summed E-state index contributed by atoms with van der Waals surface area (Å²) in [4.78, 5) is 2.43. The Morgan fingerprint density at radius 2 is 1.06 bits per heavy atom. The molecule has 3 heteroatoms. The van der Waals surface area contributed by atoms with E-state index in [1.54, 1.807) is 0 Å². The van der Waals surface area contributed by atoms with Gasteiger partial charge in [0.05, 0.1) is 16.8 Å². The number of furan rings is 1. The fourth-order valence-corrected chi connectivity index (χ4v) is 11.4. The van der Waals surface area contributed by atoms with Crippen LogP contribution in [0.1, 0.15) is 51.3 Å². The second-order valence-electron chi connectivity index (χ2n) is 18.9.